The average molecular weight is 481 g/mol. The minimum absolute atomic E-state index is 0.142. The number of carbonyl (C=O) groups is 1. The molecular weight excluding hydrogens is 440 g/mol. The maximum atomic E-state index is 11.6. The molecule has 2 aromatic carbocycles. The highest BCUT2D eigenvalue weighted by atomic mass is 32.2. The van der Waals surface area contributed by atoms with Crippen LogP contribution in [-0.2, 0) is 28.8 Å². The molecule has 0 amide bonds. The number of nitrogens with zero attached hydrogens (tertiary/aromatic N) is 1. The second-order valence-corrected chi connectivity index (χ2v) is 10.5. The quantitative estimate of drug-likeness (QED) is 0.289. The minimum Gasteiger partial charge on any atom is -0.380 e. The summed E-state index contributed by atoms with van der Waals surface area (Å²) in [6.07, 6.45) is 10.2. The molecule has 1 unspecified atom stereocenters. The van der Waals surface area contributed by atoms with Crippen LogP contribution in [0, 0.1) is 12.8 Å². The van der Waals surface area contributed by atoms with Gasteiger partial charge in [0.2, 0.25) is 0 Å². The first-order valence-corrected chi connectivity index (χ1v) is 13.2. The Morgan fingerprint density at radius 3 is 2.44 bits per heavy atom. The smallest absolute Gasteiger partial charge is 0.190 e. The number of hydrogen-bond acceptors (Lipinski definition) is 5. The molecule has 1 atom stereocenters. The fourth-order valence-corrected chi connectivity index (χ4v) is 4.94. The zero-order chi connectivity index (χ0) is 24.3. The van der Waals surface area contributed by atoms with Crippen LogP contribution in [0.2, 0.25) is 0 Å². The van der Waals surface area contributed by atoms with Gasteiger partial charge in [0, 0.05) is 32.5 Å². The second kappa shape index (κ2) is 13.7. The van der Waals surface area contributed by atoms with E-state index in [1.54, 1.807) is 14.0 Å². The zero-order valence-corrected chi connectivity index (χ0v) is 22.0. The van der Waals surface area contributed by atoms with Crippen molar-refractivity contribution in [2.24, 2.45) is 5.92 Å². The van der Waals surface area contributed by atoms with Crippen molar-refractivity contribution in [2.45, 2.75) is 57.0 Å². The SMILES string of the molecule is COC(/C=C/N(C)CCc1ccc(CCNCCc2cccc(C)c2SC(C)=O)cc1)C1CC1. The summed E-state index contributed by atoms with van der Waals surface area (Å²) in [7, 11) is 3.94. The first-order valence-electron chi connectivity index (χ1n) is 12.4. The van der Waals surface area contributed by atoms with Gasteiger partial charge < -0.3 is 15.0 Å². The minimum atomic E-state index is 0.142. The van der Waals surface area contributed by atoms with Gasteiger partial charge in [-0.1, -0.05) is 54.2 Å². The van der Waals surface area contributed by atoms with Gasteiger partial charge >= 0.3 is 0 Å². The molecular formula is C29H40N2O2S. The van der Waals surface area contributed by atoms with Crippen LogP contribution in [0.1, 0.15) is 42.0 Å². The van der Waals surface area contributed by atoms with Gasteiger partial charge in [-0.3, -0.25) is 4.79 Å². The Balaban J connectivity index is 1.35. The number of thioether (sulfide) groups is 1. The summed E-state index contributed by atoms with van der Waals surface area (Å²) in [6, 6.07) is 15.3. The highest BCUT2D eigenvalue weighted by Gasteiger charge is 2.29. The van der Waals surface area contributed by atoms with Crippen molar-refractivity contribution in [3.63, 3.8) is 0 Å². The first kappa shape index (κ1) is 26.5. The van der Waals surface area contributed by atoms with Gasteiger partial charge in [-0.25, -0.2) is 0 Å². The molecule has 184 valence electrons. The number of aryl methyl sites for hydroxylation is 1. The standard InChI is InChI=1S/C29H40N2O2S/c1-22-6-5-7-27(29(22)34-23(2)32)15-19-30-18-14-24-8-10-25(11-9-24)16-20-31(3)21-17-28(33-4)26-12-13-26/h5-11,17,21,26,28,30H,12-16,18-20H2,1-4H3/b21-17+. The highest BCUT2D eigenvalue weighted by molar-refractivity contribution is 8.13. The van der Waals surface area contributed by atoms with Gasteiger partial charge in [-0.2, -0.15) is 0 Å². The van der Waals surface area contributed by atoms with Crippen LogP contribution in [0.4, 0.5) is 0 Å². The lowest BCUT2D eigenvalue weighted by atomic mass is 10.1. The van der Waals surface area contributed by atoms with Gasteiger partial charge in [0.25, 0.3) is 0 Å². The molecule has 0 heterocycles. The Hall–Kier alpha value is -2.08. The molecule has 1 aliphatic carbocycles. The molecule has 3 rings (SSSR count). The van der Waals surface area contributed by atoms with Gasteiger partial charge in [0.05, 0.1) is 6.10 Å². The molecule has 0 spiro atoms. The summed E-state index contributed by atoms with van der Waals surface area (Å²) in [6.45, 7) is 6.58. The Labute approximate surface area is 210 Å². The van der Waals surface area contributed by atoms with Crippen molar-refractivity contribution in [1.29, 1.82) is 0 Å². The van der Waals surface area contributed by atoms with Crippen LogP contribution in [-0.4, -0.2) is 49.9 Å². The van der Waals surface area contributed by atoms with Crippen molar-refractivity contribution >= 4 is 16.9 Å². The summed E-state index contributed by atoms with van der Waals surface area (Å²) in [5.41, 5.74) is 5.16. The molecule has 0 radical (unpaired) electrons. The Bertz CT molecular complexity index is 938. The second-order valence-electron chi connectivity index (χ2n) is 9.33. The topological polar surface area (TPSA) is 41.6 Å². The maximum Gasteiger partial charge on any atom is 0.190 e. The third-order valence-electron chi connectivity index (χ3n) is 6.37. The molecule has 34 heavy (non-hydrogen) atoms. The number of carbonyl (C=O) groups excluding carboxylic acids is 1. The Morgan fingerprint density at radius 1 is 1.12 bits per heavy atom. The van der Waals surface area contributed by atoms with Crippen LogP contribution in [0.5, 0.6) is 0 Å². The first-order chi connectivity index (χ1) is 16.5. The van der Waals surface area contributed by atoms with E-state index in [-0.39, 0.29) is 11.2 Å². The van der Waals surface area contributed by atoms with Gasteiger partial charge in [-0.05, 0) is 92.6 Å². The molecule has 4 nitrogen and oxygen atoms in total. The maximum absolute atomic E-state index is 11.6. The number of ether oxygens (including phenoxy) is 1. The molecule has 0 aromatic heterocycles. The fraction of sp³-hybridized carbons (Fsp3) is 0.483. The van der Waals surface area contributed by atoms with Gasteiger partial charge in [-0.15, -0.1) is 0 Å². The van der Waals surface area contributed by atoms with E-state index in [0.717, 1.165) is 49.7 Å². The fourth-order valence-electron chi connectivity index (χ4n) is 4.12. The Kier molecular flexibility index (Phi) is 10.7. The molecule has 5 heteroatoms. The van der Waals surface area contributed by atoms with E-state index in [2.05, 4.69) is 78.9 Å². The number of hydrogen-bond donors (Lipinski definition) is 1. The normalized spacial score (nSPS) is 14.5. The van der Waals surface area contributed by atoms with Crippen molar-refractivity contribution in [3.05, 3.63) is 77.0 Å². The molecule has 0 aliphatic heterocycles. The predicted octanol–water partition coefficient (Wildman–Crippen LogP) is 5.42. The monoisotopic (exact) mass is 480 g/mol. The van der Waals surface area contributed by atoms with Crippen LogP contribution in [0.3, 0.4) is 0 Å². The van der Waals surface area contributed by atoms with E-state index in [1.807, 2.05) is 0 Å². The van der Waals surface area contributed by atoms with Crippen molar-refractivity contribution in [3.8, 4) is 0 Å². The van der Waals surface area contributed by atoms with Gasteiger partial charge in [0.15, 0.2) is 5.12 Å². The van der Waals surface area contributed by atoms with E-state index in [4.69, 9.17) is 4.74 Å². The molecule has 0 saturated heterocycles. The summed E-state index contributed by atoms with van der Waals surface area (Å²) >= 11 is 1.35. The summed E-state index contributed by atoms with van der Waals surface area (Å²) in [5, 5.41) is 3.70. The summed E-state index contributed by atoms with van der Waals surface area (Å²) < 4.78 is 5.56. The lowest BCUT2D eigenvalue weighted by Crippen LogP contribution is -2.20. The Morgan fingerprint density at radius 2 is 1.79 bits per heavy atom. The molecule has 1 N–H and O–H groups in total. The summed E-state index contributed by atoms with van der Waals surface area (Å²) in [5.74, 6) is 0.724. The van der Waals surface area contributed by atoms with Crippen LogP contribution in [0.25, 0.3) is 0 Å². The van der Waals surface area contributed by atoms with Crippen molar-refractivity contribution in [2.75, 3.05) is 33.8 Å². The van der Waals surface area contributed by atoms with Crippen LogP contribution in [0.15, 0.2) is 59.6 Å². The predicted molar refractivity (Wildman–Crippen MR) is 143 cm³/mol. The van der Waals surface area contributed by atoms with Crippen molar-refractivity contribution < 1.29 is 9.53 Å². The number of methoxy groups -OCH3 is 1. The molecule has 2 aromatic rings. The van der Waals surface area contributed by atoms with E-state index < -0.39 is 0 Å². The van der Waals surface area contributed by atoms with Crippen molar-refractivity contribution in [1.82, 2.24) is 10.2 Å². The molecule has 1 saturated carbocycles. The molecule has 1 aliphatic rings. The number of benzene rings is 2. The van der Waals surface area contributed by atoms with E-state index in [0.29, 0.717) is 0 Å². The van der Waals surface area contributed by atoms with E-state index in [9.17, 15) is 4.79 Å². The van der Waals surface area contributed by atoms with Crippen LogP contribution >= 0.6 is 11.8 Å². The van der Waals surface area contributed by atoms with Gasteiger partial charge in [0.1, 0.15) is 0 Å². The number of nitrogens with one attached hydrogen (secondary N) is 1. The van der Waals surface area contributed by atoms with Crippen LogP contribution < -0.4 is 5.32 Å². The van der Waals surface area contributed by atoms with E-state index in [1.165, 1.54) is 46.9 Å². The number of rotatable bonds is 14. The van der Waals surface area contributed by atoms with E-state index >= 15 is 0 Å². The largest absolute Gasteiger partial charge is 0.380 e. The lowest BCUT2D eigenvalue weighted by Gasteiger charge is -2.16. The zero-order valence-electron chi connectivity index (χ0n) is 21.2. The number of likely N-dealkylation sites (N-methyl/N-ethyl adjacent to an activating group) is 1. The third-order valence-corrected chi connectivity index (χ3v) is 7.44. The summed E-state index contributed by atoms with van der Waals surface area (Å²) in [4.78, 5) is 14.9. The molecule has 0 bridgehead atoms. The molecule has 1 fully saturated rings. The highest BCUT2D eigenvalue weighted by Crippen LogP contribution is 2.34. The third kappa shape index (κ3) is 8.94. The average Bonchev–Trinajstić information content (AvgIpc) is 3.66. The lowest BCUT2D eigenvalue weighted by molar-refractivity contribution is -0.109.